The van der Waals surface area contributed by atoms with E-state index in [0.717, 1.165) is 0 Å². The molecule has 106 valence electrons. The van der Waals surface area contributed by atoms with E-state index in [1.54, 1.807) is 0 Å². The number of aliphatic hydroxyl groups excluding tert-OH is 2. The van der Waals surface area contributed by atoms with Gasteiger partial charge in [0.15, 0.2) is 0 Å². The Morgan fingerprint density at radius 2 is 1.90 bits per heavy atom. The molecular formula is C13H14N2O5. The van der Waals surface area contributed by atoms with Gasteiger partial charge >= 0.3 is 0 Å². The number of aliphatic hydroxyl groups is 2. The van der Waals surface area contributed by atoms with E-state index >= 15 is 0 Å². The first-order chi connectivity index (χ1) is 9.40. The first kappa shape index (κ1) is 14.2. The minimum absolute atomic E-state index is 0.112. The average molecular weight is 278 g/mol. The van der Waals surface area contributed by atoms with E-state index in [1.807, 2.05) is 0 Å². The summed E-state index contributed by atoms with van der Waals surface area (Å²) in [5.41, 5.74) is 0.701. The highest BCUT2D eigenvalue weighted by Gasteiger charge is 2.28. The number of hydrogen-bond acceptors (Lipinski definition) is 5. The molecule has 4 N–H and O–H groups in total. The summed E-state index contributed by atoms with van der Waals surface area (Å²) >= 11 is 0. The second kappa shape index (κ2) is 5.40. The Balaban J connectivity index is 2.17. The summed E-state index contributed by atoms with van der Waals surface area (Å²) in [5.74, 6) is -1.34. The fourth-order valence-corrected chi connectivity index (χ4v) is 1.95. The summed E-state index contributed by atoms with van der Waals surface area (Å²) in [7, 11) is 0. The van der Waals surface area contributed by atoms with Gasteiger partial charge in [0.25, 0.3) is 11.8 Å². The molecule has 0 spiro atoms. The summed E-state index contributed by atoms with van der Waals surface area (Å²) in [6.07, 6.45) is -2.48. The molecular weight excluding hydrogens is 264 g/mol. The molecule has 1 heterocycles. The summed E-state index contributed by atoms with van der Waals surface area (Å²) in [6.45, 7) is 1.18. The highest BCUT2D eigenvalue weighted by molar-refractivity contribution is 6.21. The summed E-state index contributed by atoms with van der Waals surface area (Å²) in [5, 5.41) is 24.2. The lowest BCUT2D eigenvalue weighted by Gasteiger charge is -2.18. The number of amides is 3. The summed E-state index contributed by atoms with van der Waals surface area (Å²) in [6, 6.07) is 4.23. The van der Waals surface area contributed by atoms with Crippen LogP contribution in [0.2, 0.25) is 0 Å². The molecule has 0 bridgehead atoms. The van der Waals surface area contributed by atoms with Crippen molar-refractivity contribution in [2.45, 2.75) is 19.1 Å². The van der Waals surface area contributed by atoms with Gasteiger partial charge in [-0.15, -0.1) is 0 Å². The van der Waals surface area contributed by atoms with Crippen LogP contribution in [0.4, 0.5) is 0 Å². The molecule has 1 aliphatic rings. The quantitative estimate of drug-likeness (QED) is 0.533. The zero-order valence-electron chi connectivity index (χ0n) is 10.7. The zero-order chi connectivity index (χ0) is 14.9. The number of benzene rings is 1. The zero-order valence-corrected chi connectivity index (χ0v) is 10.7. The van der Waals surface area contributed by atoms with Crippen LogP contribution in [0.25, 0.3) is 0 Å². The largest absolute Gasteiger partial charge is 0.388 e. The van der Waals surface area contributed by atoms with Gasteiger partial charge in [-0.2, -0.15) is 0 Å². The van der Waals surface area contributed by atoms with E-state index in [1.165, 1.54) is 25.1 Å². The van der Waals surface area contributed by atoms with Crippen LogP contribution in [0.5, 0.6) is 0 Å². The maximum Gasteiger partial charge on any atom is 0.258 e. The number of carbonyl (C=O) groups is 3. The topological polar surface area (TPSA) is 116 Å². The number of hydrogen-bond donors (Lipinski definition) is 4. The molecule has 0 fully saturated rings. The lowest BCUT2D eigenvalue weighted by molar-refractivity contribution is -0.119. The van der Waals surface area contributed by atoms with Gasteiger partial charge in [-0.05, 0) is 17.7 Å². The maximum atomic E-state index is 11.5. The first-order valence-electron chi connectivity index (χ1n) is 6.00. The van der Waals surface area contributed by atoms with E-state index in [-0.39, 0.29) is 23.6 Å². The van der Waals surface area contributed by atoms with Gasteiger partial charge < -0.3 is 15.5 Å². The lowest BCUT2D eigenvalue weighted by Crippen LogP contribution is -2.34. The maximum absolute atomic E-state index is 11.5. The van der Waals surface area contributed by atoms with Gasteiger partial charge in [-0.3, -0.25) is 19.7 Å². The van der Waals surface area contributed by atoms with Crippen LogP contribution in [0.15, 0.2) is 18.2 Å². The summed E-state index contributed by atoms with van der Waals surface area (Å²) in [4.78, 5) is 33.6. The second-order valence-corrected chi connectivity index (χ2v) is 4.54. The van der Waals surface area contributed by atoms with Crippen LogP contribution in [0.3, 0.4) is 0 Å². The number of carbonyl (C=O) groups excluding carboxylic acids is 3. The number of nitrogens with one attached hydrogen (secondary N) is 2. The van der Waals surface area contributed by atoms with Crippen LogP contribution in [-0.2, 0) is 4.79 Å². The number of imide groups is 1. The van der Waals surface area contributed by atoms with Crippen molar-refractivity contribution < 1.29 is 24.6 Å². The minimum Gasteiger partial charge on any atom is -0.388 e. The number of fused-ring (bicyclic) bond motifs is 1. The predicted octanol–water partition coefficient (Wildman–Crippen LogP) is -0.899. The molecule has 2 rings (SSSR count). The fourth-order valence-electron chi connectivity index (χ4n) is 1.95. The Bertz CT molecular complexity index is 584. The smallest absolute Gasteiger partial charge is 0.258 e. The molecule has 1 aromatic rings. The van der Waals surface area contributed by atoms with Gasteiger partial charge in [0, 0.05) is 13.5 Å². The van der Waals surface area contributed by atoms with Crippen molar-refractivity contribution in [3.05, 3.63) is 34.9 Å². The van der Waals surface area contributed by atoms with Gasteiger partial charge in [0.2, 0.25) is 5.91 Å². The molecule has 2 atom stereocenters. The van der Waals surface area contributed by atoms with Crippen molar-refractivity contribution in [3.8, 4) is 0 Å². The highest BCUT2D eigenvalue weighted by atomic mass is 16.3. The van der Waals surface area contributed by atoms with E-state index in [4.69, 9.17) is 0 Å². The third-order valence-electron chi connectivity index (χ3n) is 3.03. The van der Waals surface area contributed by atoms with Gasteiger partial charge in [0.05, 0.1) is 11.1 Å². The Morgan fingerprint density at radius 1 is 1.25 bits per heavy atom. The van der Waals surface area contributed by atoms with Gasteiger partial charge in [-0.25, -0.2) is 0 Å². The van der Waals surface area contributed by atoms with Crippen molar-refractivity contribution in [2.75, 3.05) is 6.54 Å². The van der Waals surface area contributed by atoms with E-state index < -0.39 is 24.0 Å². The standard InChI is InChI=1S/C13H14N2O5/c1-6(16)14-5-10(17)11(18)7-2-3-8-9(4-7)13(20)15-12(8)19/h2-4,10-11,17-18H,5H2,1H3,(H,14,16)(H,15,19,20). The van der Waals surface area contributed by atoms with Crippen LogP contribution in [0.1, 0.15) is 39.3 Å². The Morgan fingerprint density at radius 3 is 2.55 bits per heavy atom. The fraction of sp³-hybridized carbons (Fsp3) is 0.308. The third kappa shape index (κ3) is 2.68. The monoisotopic (exact) mass is 278 g/mol. The average Bonchev–Trinajstić information content (AvgIpc) is 2.70. The molecule has 7 heteroatoms. The van der Waals surface area contributed by atoms with E-state index in [0.29, 0.717) is 5.56 Å². The van der Waals surface area contributed by atoms with Crippen molar-refractivity contribution >= 4 is 17.7 Å². The van der Waals surface area contributed by atoms with Gasteiger partial charge in [-0.1, -0.05) is 6.07 Å². The van der Waals surface area contributed by atoms with E-state index in [2.05, 4.69) is 10.6 Å². The molecule has 3 amide bonds. The van der Waals surface area contributed by atoms with Crippen molar-refractivity contribution in [1.29, 1.82) is 0 Å². The molecule has 0 aromatic heterocycles. The van der Waals surface area contributed by atoms with Crippen molar-refractivity contribution in [2.24, 2.45) is 0 Å². The molecule has 2 unspecified atom stereocenters. The Labute approximate surface area is 114 Å². The highest BCUT2D eigenvalue weighted by Crippen LogP contribution is 2.23. The van der Waals surface area contributed by atoms with E-state index in [9.17, 15) is 24.6 Å². The molecule has 0 saturated heterocycles. The predicted molar refractivity (Wildman–Crippen MR) is 67.9 cm³/mol. The summed E-state index contributed by atoms with van der Waals surface area (Å²) < 4.78 is 0. The van der Waals surface area contributed by atoms with Crippen LogP contribution < -0.4 is 10.6 Å². The molecule has 1 aliphatic heterocycles. The molecule has 7 nitrogen and oxygen atoms in total. The van der Waals surface area contributed by atoms with Gasteiger partial charge in [0.1, 0.15) is 12.2 Å². The normalized spacial score (nSPS) is 16.4. The Hall–Kier alpha value is -2.25. The molecule has 0 aliphatic carbocycles. The second-order valence-electron chi connectivity index (χ2n) is 4.54. The van der Waals surface area contributed by atoms with Crippen molar-refractivity contribution in [3.63, 3.8) is 0 Å². The Kier molecular flexibility index (Phi) is 3.82. The molecule has 20 heavy (non-hydrogen) atoms. The van der Waals surface area contributed by atoms with Crippen LogP contribution in [0, 0.1) is 0 Å². The third-order valence-corrected chi connectivity index (χ3v) is 3.03. The van der Waals surface area contributed by atoms with Crippen LogP contribution in [-0.4, -0.2) is 40.6 Å². The van der Waals surface area contributed by atoms with Crippen LogP contribution >= 0.6 is 0 Å². The molecule has 0 saturated carbocycles. The SMILES string of the molecule is CC(=O)NCC(O)C(O)c1ccc2c(c1)C(=O)NC2=O. The number of rotatable bonds is 4. The van der Waals surface area contributed by atoms with Crippen molar-refractivity contribution in [1.82, 2.24) is 10.6 Å². The minimum atomic E-state index is -1.27. The first-order valence-corrected chi connectivity index (χ1v) is 6.00. The lowest BCUT2D eigenvalue weighted by atomic mass is 9.99. The molecule has 0 radical (unpaired) electrons. The molecule has 1 aromatic carbocycles.